The summed E-state index contributed by atoms with van der Waals surface area (Å²) in [7, 11) is 0. The van der Waals surface area contributed by atoms with E-state index in [4.69, 9.17) is 0 Å². The highest BCUT2D eigenvalue weighted by atomic mass is 19.1. The van der Waals surface area contributed by atoms with Gasteiger partial charge in [-0.05, 0) is 66.3 Å². The first-order valence-electron chi connectivity index (χ1n) is 12.7. The van der Waals surface area contributed by atoms with Crippen molar-refractivity contribution >= 4 is 17.1 Å². The Morgan fingerprint density at radius 3 is 2.56 bits per heavy atom. The van der Waals surface area contributed by atoms with Crippen molar-refractivity contribution in [2.45, 2.75) is 38.5 Å². The molecule has 0 spiro atoms. The predicted molar refractivity (Wildman–Crippen MR) is 145 cm³/mol. The Bertz CT molecular complexity index is 1650. The van der Waals surface area contributed by atoms with Crippen LogP contribution in [0.4, 0.5) is 8.78 Å². The lowest BCUT2D eigenvalue weighted by Crippen LogP contribution is -2.14. The average molecular weight is 525 g/mol. The maximum absolute atomic E-state index is 14.1. The number of Topliss-reactive ketones (excluding diaryl/α,β-unsaturated/α-hetero) is 2. The molecule has 5 nitrogen and oxygen atoms in total. The topological polar surface area (TPSA) is 79.9 Å². The van der Waals surface area contributed by atoms with E-state index in [2.05, 4.69) is 9.97 Å². The van der Waals surface area contributed by atoms with Crippen LogP contribution in [0.1, 0.15) is 58.6 Å². The van der Waals surface area contributed by atoms with Gasteiger partial charge in [0.1, 0.15) is 17.4 Å². The largest absolute Gasteiger partial charge is 0.322 e. The van der Waals surface area contributed by atoms with Crippen LogP contribution in [0, 0.1) is 11.6 Å². The molecular formula is C32H26F2N2O3. The second-order valence-corrected chi connectivity index (χ2v) is 9.83. The summed E-state index contributed by atoms with van der Waals surface area (Å²) in [4.78, 5) is 44.8. The fraction of sp³-hybridized carbons (Fsp3) is 0.188. The first kappa shape index (κ1) is 26.1. The van der Waals surface area contributed by atoms with Crippen LogP contribution in [0.25, 0.3) is 16.7 Å². The van der Waals surface area contributed by atoms with Gasteiger partial charge in [-0.2, -0.15) is 0 Å². The van der Waals surface area contributed by atoms with Gasteiger partial charge in [0.25, 0.3) is 0 Å². The highest BCUT2D eigenvalue weighted by Crippen LogP contribution is 2.35. The van der Waals surface area contributed by atoms with Crippen LogP contribution >= 0.6 is 0 Å². The standard InChI is InChI=1S/C32H26F2N2O3/c1-19(37)22-4-2-5-23(15-22)29-6-3-11-35-32(29)25(12-20-13-26(33)18-27(34)14-20)17-28(38)16-24-8-7-21-9-10-30(39)36-31(21)24/h2-6,8-11,13-15,18,25H,7,12,16-17H2,1H3,(H,36,39)/t25-/m1/s1. The van der Waals surface area contributed by atoms with E-state index >= 15 is 0 Å². The minimum Gasteiger partial charge on any atom is -0.322 e. The van der Waals surface area contributed by atoms with Crippen LogP contribution in [0.3, 0.4) is 0 Å². The van der Waals surface area contributed by atoms with Gasteiger partial charge in [-0.25, -0.2) is 8.78 Å². The molecule has 4 aromatic rings. The number of allylic oxidation sites excluding steroid dienone is 2. The van der Waals surface area contributed by atoms with Crippen molar-refractivity contribution in [3.05, 3.63) is 129 Å². The molecule has 39 heavy (non-hydrogen) atoms. The van der Waals surface area contributed by atoms with E-state index < -0.39 is 17.6 Å². The van der Waals surface area contributed by atoms with Gasteiger partial charge in [0.2, 0.25) is 5.56 Å². The van der Waals surface area contributed by atoms with E-state index in [1.807, 2.05) is 18.2 Å². The summed E-state index contributed by atoms with van der Waals surface area (Å²) in [6, 6.07) is 17.4. The van der Waals surface area contributed by atoms with Crippen molar-refractivity contribution in [2.24, 2.45) is 0 Å². The van der Waals surface area contributed by atoms with Crippen LogP contribution in [0.2, 0.25) is 0 Å². The molecular weight excluding hydrogens is 498 g/mol. The lowest BCUT2D eigenvalue weighted by molar-refractivity contribution is -0.118. The number of nitrogens with zero attached hydrogens (tertiary/aromatic N) is 1. The van der Waals surface area contributed by atoms with E-state index in [9.17, 15) is 23.2 Å². The molecule has 0 radical (unpaired) electrons. The summed E-state index contributed by atoms with van der Waals surface area (Å²) < 4.78 is 28.1. The van der Waals surface area contributed by atoms with Gasteiger partial charge in [-0.15, -0.1) is 0 Å². The monoisotopic (exact) mass is 524 g/mol. The first-order chi connectivity index (χ1) is 18.8. The number of fused-ring (bicyclic) bond motifs is 1. The Labute approximate surface area is 224 Å². The van der Waals surface area contributed by atoms with Crippen molar-refractivity contribution in [3.63, 3.8) is 0 Å². The quantitative estimate of drug-likeness (QED) is 0.263. The number of hydrogen-bond acceptors (Lipinski definition) is 4. The maximum Gasteiger partial charge on any atom is 0.248 e. The Kier molecular flexibility index (Phi) is 7.41. The third-order valence-corrected chi connectivity index (χ3v) is 6.97. The zero-order valence-electron chi connectivity index (χ0n) is 21.3. The van der Waals surface area contributed by atoms with Crippen molar-refractivity contribution in [1.29, 1.82) is 0 Å². The Hall–Kier alpha value is -4.52. The Morgan fingerprint density at radius 2 is 1.79 bits per heavy atom. The number of nitrogens with one attached hydrogen (secondary N) is 1. The molecule has 2 aromatic heterocycles. The summed E-state index contributed by atoms with van der Waals surface area (Å²) in [6.45, 7) is 1.49. The predicted octanol–water partition coefficient (Wildman–Crippen LogP) is 6.23. The number of aromatic nitrogens is 2. The molecule has 1 aliphatic rings. The highest BCUT2D eigenvalue weighted by Gasteiger charge is 2.25. The number of halogens is 2. The molecule has 1 aliphatic carbocycles. The minimum atomic E-state index is -0.692. The second kappa shape index (κ2) is 11.1. The molecule has 1 atom stereocenters. The molecule has 0 fully saturated rings. The Balaban J connectivity index is 1.50. The fourth-order valence-electron chi connectivity index (χ4n) is 5.19. The molecule has 0 aliphatic heterocycles. The molecule has 0 saturated heterocycles. The highest BCUT2D eigenvalue weighted by molar-refractivity contribution is 5.95. The molecule has 0 bridgehead atoms. The normalized spacial score (nSPS) is 13.1. The fourth-order valence-corrected chi connectivity index (χ4v) is 5.19. The molecule has 196 valence electrons. The number of pyridine rings is 2. The molecule has 2 aromatic carbocycles. The van der Waals surface area contributed by atoms with Crippen LogP contribution < -0.4 is 5.56 Å². The number of aromatic amines is 1. The van der Waals surface area contributed by atoms with Gasteiger partial charge in [0.15, 0.2) is 5.78 Å². The Morgan fingerprint density at radius 1 is 1.00 bits per heavy atom. The van der Waals surface area contributed by atoms with E-state index in [1.54, 1.807) is 36.5 Å². The van der Waals surface area contributed by atoms with E-state index in [-0.39, 0.29) is 36.4 Å². The van der Waals surface area contributed by atoms with Gasteiger partial charge in [0, 0.05) is 53.9 Å². The number of rotatable bonds is 9. The SMILES string of the molecule is CC(=O)c1cccc(-c2cccnc2[C@@H](CC(=O)CC2=CCc3ccc(=O)[nH]c32)Cc2cc(F)cc(F)c2)c1. The third kappa shape index (κ3) is 5.98. The smallest absolute Gasteiger partial charge is 0.248 e. The van der Waals surface area contributed by atoms with Crippen molar-refractivity contribution in [2.75, 3.05) is 0 Å². The van der Waals surface area contributed by atoms with Crippen LogP contribution in [0.15, 0.2) is 83.8 Å². The molecule has 0 saturated carbocycles. The molecule has 2 heterocycles. The average Bonchev–Trinajstić information content (AvgIpc) is 3.29. The number of H-pyrrole nitrogens is 1. The molecule has 5 rings (SSSR count). The van der Waals surface area contributed by atoms with Crippen molar-refractivity contribution < 1.29 is 18.4 Å². The van der Waals surface area contributed by atoms with E-state index in [0.29, 0.717) is 28.9 Å². The van der Waals surface area contributed by atoms with Crippen LogP contribution in [-0.4, -0.2) is 21.5 Å². The zero-order valence-corrected chi connectivity index (χ0v) is 21.3. The minimum absolute atomic E-state index is 0.0677. The van der Waals surface area contributed by atoms with Gasteiger partial charge < -0.3 is 4.98 Å². The van der Waals surface area contributed by atoms with Crippen LogP contribution in [0.5, 0.6) is 0 Å². The van der Waals surface area contributed by atoms with Crippen molar-refractivity contribution in [3.8, 4) is 11.1 Å². The maximum atomic E-state index is 14.1. The summed E-state index contributed by atoms with van der Waals surface area (Å²) in [5, 5.41) is 0. The molecule has 1 N–H and O–H groups in total. The van der Waals surface area contributed by atoms with Crippen LogP contribution in [-0.2, 0) is 17.6 Å². The summed E-state index contributed by atoms with van der Waals surface area (Å²) in [5.41, 5.74) is 5.23. The number of carbonyl (C=O) groups is 2. The molecule has 0 amide bonds. The van der Waals surface area contributed by atoms with Gasteiger partial charge in [-0.1, -0.05) is 36.4 Å². The first-order valence-corrected chi connectivity index (χ1v) is 12.7. The summed E-state index contributed by atoms with van der Waals surface area (Å²) in [5.74, 6) is -2.04. The van der Waals surface area contributed by atoms with Gasteiger partial charge in [-0.3, -0.25) is 19.4 Å². The van der Waals surface area contributed by atoms with Crippen molar-refractivity contribution in [1.82, 2.24) is 9.97 Å². The summed E-state index contributed by atoms with van der Waals surface area (Å²) in [6.07, 6.45) is 4.56. The zero-order chi connectivity index (χ0) is 27.5. The van der Waals surface area contributed by atoms with Gasteiger partial charge >= 0.3 is 0 Å². The number of ketones is 2. The second-order valence-electron chi connectivity index (χ2n) is 9.83. The number of carbonyl (C=O) groups excluding carboxylic acids is 2. The number of benzene rings is 2. The van der Waals surface area contributed by atoms with E-state index in [1.165, 1.54) is 25.1 Å². The van der Waals surface area contributed by atoms with Gasteiger partial charge in [0.05, 0.1) is 5.69 Å². The summed E-state index contributed by atoms with van der Waals surface area (Å²) >= 11 is 0. The molecule has 0 unspecified atom stereocenters. The third-order valence-electron chi connectivity index (χ3n) is 6.97. The lowest BCUT2D eigenvalue weighted by Gasteiger charge is -2.20. The van der Waals surface area contributed by atoms with E-state index in [0.717, 1.165) is 28.3 Å². The lowest BCUT2D eigenvalue weighted by atomic mass is 9.85. The number of hydrogen-bond donors (Lipinski definition) is 1. The molecule has 7 heteroatoms.